The summed E-state index contributed by atoms with van der Waals surface area (Å²) in [6.45, 7) is 5.93. The topological polar surface area (TPSA) is 58.6 Å². The second kappa shape index (κ2) is 7.09. The van der Waals surface area contributed by atoms with Crippen LogP contribution in [0.1, 0.15) is 27.2 Å². The Bertz CT molecular complexity index is 219. The Morgan fingerprint density at radius 2 is 2.00 bits per heavy atom. The van der Waals surface area contributed by atoms with Gasteiger partial charge in [-0.2, -0.15) is 0 Å². The Labute approximate surface area is 90.8 Å². The Morgan fingerprint density at radius 1 is 1.40 bits per heavy atom. The molecule has 0 aromatic heterocycles. The van der Waals surface area contributed by atoms with E-state index in [0.717, 1.165) is 6.42 Å². The molecule has 15 heavy (non-hydrogen) atoms. The van der Waals surface area contributed by atoms with Crippen LogP contribution in [0.5, 0.6) is 0 Å². The third kappa shape index (κ3) is 5.24. The Balaban J connectivity index is 3.88. The smallest absolute Gasteiger partial charge is 0.325 e. The molecule has 0 aromatic carbocycles. The minimum absolute atomic E-state index is 0.0759. The van der Waals surface area contributed by atoms with Crippen LogP contribution in [0.25, 0.3) is 0 Å². The number of rotatable bonds is 5. The van der Waals surface area contributed by atoms with E-state index in [9.17, 15) is 9.59 Å². The molecule has 0 fully saturated rings. The van der Waals surface area contributed by atoms with Crippen LogP contribution in [0.4, 0.5) is 4.79 Å². The summed E-state index contributed by atoms with van der Waals surface area (Å²) in [5.41, 5.74) is 0. The first-order chi connectivity index (χ1) is 7.02. The first-order valence-corrected chi connectivity index (χ1v) is 5.19. The average Bonchev–Trinajstić information content (AvgIpc) is 2.24. The van der Waals surface area contributed by atoms with Gasteiger partial charge in [0.05, 0.1) is 6.61 Å². The first-order valence-electron chi connectivity index (χ1n) is 5.19. The highest BCUT2D eigenvalue weighted by molar-refractivity contribution is 5.80. The van der Waals surface area contributed by atoms with E-state index in [1.54, 1.807) is 18.9 Å². The number of carbonyl (C=O) groups is 2. The van der Waals surface area contributed by atoms with E-state index in [-0.39, 0.29) is 18.6 Å². The number of hydrogen-bond donors (Lipinski definition) is 1. The van der Waals surface area contributed by atoms with Crippen LogP contribution in [0.3, 0.4) is 0 Å². The number of amides is 2. The van der Waals surface area contributed by atoms with E-state index in [1.807, 2.05) is 13.8 Å². The lowest BCUT2D eigenvalue weighted by atomic mass is 10.2. The van der Waals surface area contributed by atoms with Crippen molar-refractivity contribution in [2.45, 2.75) is 33.2 Å². The minimum Gasteiger partial charge on any atom is -0.465 e. The lowest BCUT2D eigenvalue weighted by molar-refractivity contribution is -0.141. The molecule has 0 aromatic rings. The molecule has 0 aliphatic heterocycles. The molecule has 88 valence electrons. The molecule has 0 heterocycles. The van der Waals surface area contributed by atoms with Crippen LogP contribution in [-0.4, -0.2) is 43.1 Å². The molecule has 0 spiro atoms. The van der Waals surface area contributed by atoms with Crippen molar-refractivity contribution in [3.05, 3.63) is 0 Å². The van der Waals surface area contributed by atoms with Crippen molar-refractivity contribution in [1.82, 2.24) is 10.2 Å². The molecule has 5 heteroatoms. The summed E-state index contributed by atoms with van der Waals surface area (Å²) in [6, 6.07) is -0.0930. The van der Waals surface area contributed by atoms with E-state index < -0.39 is 5.97 Å². The fraction of sp³-hybridized carbons (Fsp3) is 0.800. The third-order valence-corrected chi connectivity index (χ3v) is 2.26. The van der Waals surface area contributed by atoms with Gasteiger partial charge in [-0.05, 0) is 20.3 Å². The van der Waals surface area contributed by atoms with Crippen molar-refractivity contribution < 1.29 is 14.3 Å². The summed E-state index contributed by atoms with van der Waals surface area (Å²) < 4.78 is 4.69. The molecular formula is C10H20N2O3. The summed E-state index contributed by atoms with van der Waals surface area (Å²) in [6.07, 6.45) is 0.878. The van der Waals surface area contributed by atoms with Crippen molar-refractivity contribution in [2.75, 3.05) is 20.2 Å². The summed E-state index contributed by atoms with van der Waals surface area (Å²) in [5.74, 6) is -0.414. The van der Waals surface area contributed by atoms with Crippen LogP contribution < -0.4 is 5.32 Å². The maximum atomic E-state index is 11.5. The molecule has 0 saturated heterocycles. The Hall–Kier alpha value is -1.26. The largest absolute Gasteiger partial charge is 0.465 e. The second-order valence-electron chi connectivity index (χ2n) is 3.33. The Kier molecular flexibility index (Phi) is 6.49. The zero-order valence-electron chi connectivity index (χ0n) is 9.87. The van der Waals surface area contributed by atoms with Gasteiger partial charge in [0.15, 0.2) is 0 Å². The quantitative estimate of drug-likeness (QED) is 0.697. The van der Waals surface area contributed by atoms with Gasteiger partial charge in [0.2, 0.25) is 0 Å². The summed E-state index contributed by atoms with van der Waals surface area (Å²) in [7, 11) is 1.70. The van der Waals surface area contributed by atoms with Gasteiger partial charge < -0.3 is 15.0 Å². The fourth-order valence-corrected chi connectivity index (χ4v) is 0.959. The number of nitrogens with one attached hydrogen (secondary N) is 1. The molecular weight excluding hydrogens is 196 g/mol. The number of esters is 1. The van der Waals surface area contributed by atoms with Crippen molar-refractivity contribution in [3.63, 3.8) is 0 Å². The molecule has 0 radical (unpaired) electrons. The SMILES string of the molecule is CCOC(=O)CNC(=O)N(C)C(C)CC. The molecule has 0 rings (SSSR count). The molecule has 2 amide bonds. The van der Waals surface area contributed by atoms with Crippen LogP contribution in [0.15, 0.2) is 0 Å². The maximum Gasteiger partial charge on any atom is 0.325 e. The highest BCUT2D eigenvalue weighted by Crippen LogP contribution is 1.99. The van der Waals surface area contributed by atoms with Crippen LogP contribution in [-0.2, 0) is 9.53 Å². The van der Waals surface area contributed by atoms with Gasteiger partial charge in [0, 0.05) is 13.1 Å². The van der Waals surface area contributed by atoms with Gasteiger partial charge in [0.25, 0.3) is 0 Å². The maximum absolute atomic E-state index is 11.5. The van der Waals surface area contributed by atoms with Crippen LogP contribution in [0.2, 0.25) is 0 Å². The van der Waals surface area contributed by atoms with Crippen molar-refractivity contribution >= 4 is 12.0 Å². The van der Waals surface area contributed by atoms with Gasteiger partial charge >= 0.3 is 12.0 Å². The zero-order chi connectivity index (χ0) is 11.8. The predicted octanol–water partition coefficient (Wildman–Crippen LogP) is 0.989. The zero-order valence-corrected chi connectivity index (χ0v) is 9.87. The monoisotopic (exact) mass is 216 g/mol. The van der Waals surface area contributed by atoms with Crippen molar-refractivity contribution in [1.29, 1.82) is 0 Å². The standard InChI is InChI=1S/C10H20N2O3/c1-5-8(3)12(4)10(14)11-7-9(13)15-6-2/h8H,5-7H2,1-4H3,(H,11,14). The molecule has 5 nitrogen and oxygen atoms in total. The third-order valence-electron chi connectivity index (χ3n) is 2.26. The van der Waals surface area contributed by atoms with Crippen molar-refractivity contribution in [3.8, 4) is 0 Å². The van der Waals surface area contributed by atoms with Gasteiger partial charge in [-0.1, -0.05) is 6.92 Å². The highest BCUT2D eigenvalue weighted by atomic mass is 16.5. The van der Waals surface area contributed by atoms with E-state index >= 15 is 0 Å². The molecule has 0 aliphatic carbocycles. The number of hydrogen-bond acceptors (Lipinski definition) is 3. The highest BCUT2D eigenvalue weighted by Gasteiger charge is 2.14. The molecule has 1 atom stereocenters. The Morgan fingerprint density at radius 3 is 2.47 bits per heavy atom. The number of urea groups is 1. The van der Waals surface area contributed by atoms with Crippen molar-refractivity contribution in [2.24, 2.45) is 0 Å². The molecule has 0 aliphatic rings. The van der Waals surface area contributed by atoms with Crippen LogP contribution in [0, 0.1) is 0 Å². The van der Waals surface area contributed by atoms with E-state index in [2.05, 4.69) is 10.1 Å². The number of carbonyl (C=O) groups excluding carboxylic acids is 2. The molecule has 0 bridgehead atoms. The molecule has 1 unspecified atom stereocenters. The fourth-order valence-electron chi connectivity index (χ4n) is 0.959. The van der Waals surface area contributed by atoms with E-state index in [4.69, 9.17) is 0 Å². The number of ether oxygens (including phenoxy) is 1. The van der Waals surface area contributed by atoms with Gasteiger partial charge in [0.1, 0.15) is 6.54 Å². The summed E-state index contributed by atoms with van der Waals surface area (Å²) in [5, 5.41) is 2.49. The van der Waals surface area contributed by atoms with E-state index in [1.165, 1.54) is 0 Å². The summed E-state index contributed by atoms with van der Waals surface area (Å²) in [4.78, 5) is 24.0. The molecule has 0 saturated carbocycles. The number of nitrogens with zero attached hydrogens (tertiary/aromatic N) is 1. The minimum atomic E-state index is -0.414. The lowest BCUT2D eigenvalue weighted by Gasteiger charge is -2.23. The van der Waals surface area contributed by atoms with Gasteiger partial charge in [-0.25, -0.2) is 4.79 Å². The summed E-state index contributed by atoms with van der Waals surface area (Å²) >= 11 is 0. The van der Waals surface area contributed by atoms with E-state index in [0.29, 0.717) is 6.61 Å². The van der Waals surface area contributed by atoms with Gasteiger partial charge in [-0.15, -0.1) is 0 Å². The first kappa shape index (κ1) is 13.7. The average molecular weight is 216 g/mol. The normalized spacial score (nSPS) is 11.7. The van der Waals surface area contributed by atoms with Gasteiger partial charge in [-0.3, -0.25) is 4.79 Å². The lowest BCUT2D eigenvalue weighted by Crippen LogP contribution is -2.44. The van der Waals surface area contributed by atoms with Crippen LogP contribution >= 0.6 is 0 Å². The molecule has 1 N–H and O–H groups in total. The second-order valence-corrected chi connectivity index (χ2v) is 3.33. The predicted molar refractivity (Wildman–Crippen MR) is 57.5 cm³/mol.